The third kappa shape index (κ3) is 1.33. The van der Waals surface area contributed by atoms with Crippen LogP contribution in [0.5, 0.6) is 0 Å². The van der Waals surface area contributed by atoms with Crippen molar-refractivity contribution in [1.29, 1.82) is 0 Å². The van der Waals surface area contributed by atoms with Crippen LogP contribution >= 0.6 is 15.9 Å². The van der Waals surface area contributed by atoms with Crippen molar-refractivity contribution in [2.75, 3.05) is 0 Å². The van der Waals surface area contributed by atoms with Crippen molar-refractivity contribution in [2.24, 2.45) is 0 Å². The highest BCUT2D eigenvalue weighted by Crippen LogP contribution is 2.34. The predicted octanol–water partition coefficient (Wildman–Crippen LogP) is 5.50. The third-order valence-electron chi connectivity index (χ3n) is 3.32. The maximum Gasteiger partial charge on any atom is 0.143 e. The Hall–Kier alpha value is -1.80. The monoisotopic (exact) mass is 296 g/mol. The Morgan fingerprint density at radius 1 is 0.778 bits per heavy atom. The number of benzene rings is 3. The topological polar surface area (TPSA) is 13.1 Å². The van der Waals surface area contributed by atoms with Gasteiger partial charge in [0.25, 0.3) is 0 Å². The fourth-order valence-electron chi connectivity index (χ4n) is 2.47. The van der Waals surface area contributed by atoms with Crippen LogP contribution in [0.1, 0.15) is 0 Å². The highest BCUT2D eigenvalue weighted by Gasteiger charge is 2.09. The summed E-state index contributed by atoms with van der Waals surface area (Å²) >= 11 is 3.52. The Labute approximate surface area is 112 Å². The molecule has 18 heavy (non-hydrogen) atoms. The van der Waals surface area contributed by atoms with Gasteiger partial charge in [-0.15, -0.1) is 0 Å². The van der Waals surface area contributed by atoms with E-state index in [0.717, 1.165) is 21.0 Å². The van der Waals surface area contributed by atoms with Crippen LogP contribution in [-0.2, 0) is 0 Å². The van der Waals surface area contributed by atoms with E-state index in [1.54, 1.807) is 0 Å². The summed E-state index contributed by atoms with van der Waals surface area (Å²) in [5.41, 5.74) is 1.91. The van der Waals surface area contributed by atoms with E-state index < -0.39 is 0 Å². The van der Waals surface area contributed by atoms with Gasteiger partial charge in [-0.2, -0.15) is 0 Å². The van der Waals surface area contributed by atoms with Crippen molar-refractivity contribution in [3.63, 3.8) is 0 Å². The van der Waals surface area contributed by atoms with Crippen LogP contribution in [0.3, 0.4) is 0 Å². The summed E-state index contributed by atoms with van der Waals surface area (Å²) in [6, 6.07) is 18.7. The molecule has 1 heterocycles. The van der Waals surface area contributed by atoms with Gasteiger partial charge in [0.05, 0.1) is 0 Å². The maximum atomic E-state index is 6.00. The number of hydrogen-bond donors (Lipinski definition) is 0. The molecule has 2 heteroatoms. The SMILES string of the molecule is Brc1ccc2ccc3c4ccccc4oc3c2c1. The molecule has 1 aromatic heterocycles. The second-order valence-electron chi connectivity index (χ2n) is 4.41. The number of fused-ring (bicyclic) bond motifs is 5. The second-order valence-corrected chi connectivity index (χ2v) is 5.32. The van der Waals surface area contributed by atoms with Crippen molar-refractivity contribution in [3.8, 4) is 0 Å². The van der Waals surface area contributed by atoms with Crippen molar-refractivity contribution < 1.29 is 4.42 Å². The molecule has 0 amide bonds. The van der Waals surface area contributed by atoms with Gasteiger partial charge >= 0.3 is 0 Å². The van der Waals surface area contributed by atoms with E-state index >= 15 is 0 Å². The van der Waals surface area contributed by atoms with Gasteiger partial charge in [-0.3, -0.25) is 0 Å². The lowest BCUT2D eigenvalue weighted by Crippen LogP contribution is -1.74. The summed E-state index contributed by atoms with van der Waals surface area (Å²) in [6.07, 6.45) is 0. The van der Waals surface area contributed by atoms with Gasteiger partial charge in [0.2, 0.25) is 0 Å². The standard InChI is InChI=1S/C16H9BrO/c17-11-7-5-10-6-8-13-12-3-1-2-4-15(12)18-16(13)14(10)9-11/h1-9H. The average molecular weight is 297 g/mol. The lowest BCUT2D eigenvalue weighted by atomic mass is 10.1. The molecule has 0 aliphatic heterocycles. The highest BCUT2D eigenvalue weighted by atomic mass is 79.9. The van der Waals surface area contributed by atoms with E-state index in [9.17, 15) is 0 Å². The third-order valence-corrected chi connectivity index (χ3v) is 3.82. The molecule has 4 rings (SSSR count). The fraction of sp³-hybridized carbons (Fsp3) is 0. The molecule has 0 saturated heterocycles. The van der Waals surface area contributed by atoms with Crippen LogP contribution < -0.4 is 0 Å². The molecular weight excluding hydrogens is 288 g/mol. The Bertz CT molecular complexity index is 889. The largest absolute Gasteiger partial charge is 0.455 e. The van der Waals surface area contributed by atoms with Crippen LogP contribution in [0.25, 0.3) is 32.7 Å². The van der Waals surface area contributed by atoms with E-state index in [2.05, 4.69) is 52.3 Å². The van der Waals surface area contributed by atoms with Crippen molar-refractivity contribution in [3.05, 3.63) is 59.1 Å². The normalized spacial score (nSPS) is 11.6. The van der Waals surface area contributed by atoms with E-state index in [4.69, 9.17) is 4.42 Å². The number of rotatable bonds is 0. The second kappa shape index (κ2) is 3.59. The molecule has 0 bridgehead atoms. The minimum absolute atomic E-state index is 0.944. The first-order chi connectivity index (χ1) is 8.83. The lowest BCUT2D eigenvalue weighted by Gasteiger charge is -1.99. The van der Waals surface area contributed by atoms with Crippen LogP contribution in [0, 0.1) is 0 Å². The number of halogens is 1. The van der Waals surface area contributed by atoms with E-state index in [1.165, 1.54) is 16.2 Å². The van der Waals surface area contributed by atoms with E-state index in [0.29, 0.717) is 0 Å². The van der Waals surface area contributed by atoms with Crippen molar-refractivity contribution >= 4 is 48.6 Å². The first-order valence-corrected chi connectivity index (χ1v) is 6.62. The zero-order valence-corrected chi connectivity index (χ0v) is 11.1. The number of furan rings is 1. The number of hydrogen-bond acceptors (Lipinski definition) is 1. The summed E-state index contributed by atoms with van der Waals surface area (Å²) < 4.78 is 7.07. The molecule has 0 aliphatic rings. The summed E-state index contributed by atoms with van der Waals surface area (Å²) in [5.74, 6) is 0. The van der Waals surface area contributed by atoms with Gasteiger partial charge in [0, 0.05) is 20.6 Å². The molecule has 0 atom stereocenters. The molecule has 1 nitrogen and oxygen atoms in total. The Morgan fingerprint density at radius 2 is 1.61 bits per heavy atom. The quantitative estimate of drug-likeness (QED) is 0.417. The van der Waals surface area contributed by atoms with Crippen molar-refractivity contribution in [1.82, 2.24) is 0 Å². The zero-order chi connectivity index (χ0) is 12.1. The van der Waals surface area contributed by atoms with E-state index in [1.807, 2.05) is 18.2 Å². The zero-order valence-electron chi connectivity index (χ0n) is 9.48. The molecule has 0 spiro atoms. The maximum absolute atomic E-state index is 6.00. The predicted molar refractivity (Wildman–Crippen MR) is 78.9 cm³/mol. The summed E-state index contributed by atoms with van der Waals surface area (Å²) in [7, 11) is 0. The van der Waals surface area contributed by atoms with Gasteiger partial charge in [-0.25, -0.2) is 0 Å². The molecule has 0 unspecified atom stereocenters. The summed E-state index contributed by atoms with van der Waals surface area (Å²) in [6.45, 7) is 0. The van der Waals surface area contributed by atoms with E-state index in [-0.39, 0.29) is 0 Å². The van der Waals surface area contributed by atoms with Crippen LogP contribution in [-0.4, -0.2) is 0 Å². The van der Waals surface area contributed by atoms with Crippen LogP contribution in [0.15, 0.2) is 63.5 Å². The molecule has 0 radical (unpaired) electrons. The minimum atomic E-state index is 0.944. The van der Waals surface area contributed by atoms with Gasteiger partial charge in [0.15, 0.2) is 0 Å². The lowest BCUT2D eigenvalue weighted by molar-refractivity contribution is 0.672. The number of para-hydroxylation sites is 1. The average Bonchev–Trinajstić information content (AvgIpc) is 2.78. The van der Waals surface area contributed by atoms with Gasteiger partial charge < -0.3 is 4.42 Å². The molecule has 4 aromatic rings. The molecular formula is C16H9BrO. The molecule has 0 N–H and O–H groups in total. The molecule has 0 fully saturated rings. The summed E-state index contributed by atoms with van der Waals surface area (Å²) in [5, 5.41) is 4.70. The molecule has 0 saturated carbocycles. The Balaban J connectivity index is 2.31. The van der Waals surface area contributed by atoms with Gasteiger partial charge in [-0.1, -0.05) is 46.3 Å². The molecule has 3 aromatic carbocycles. The first kappa shape index (κ1) is 10.2. The highest BCUT2D eigenvalue weighted by molar-refractivity contribution is 9.10. The van der Waals surface area contributed by atoms with Crippen LogP contribution in [0.4, 0.5) is 0 Å². The Morgan fingerprint density at radius 3 is 2.56 bits per heavy atom. The van der Waals surface area contributed by atoms with Crippen molar-refractivity contribution in [2.45, 2.75) is 0 Å². The summed E-state index contributed by atoms with van der Waals surface area (Å²) in [4.78, 5) is 0. The fourth-order valence-corrected chi connectivity index (χ4v) is 2.84. The molecule has 0 aliphatic carbocycles. The Kier molecular flexibility index (Phi) is 2.03. The van der Waals surface area contributed by atoms with Gasteiger partial charge in [0.1, 0.15) is 11.2 Å². The molecule has 86 valence electrons. The first-order valence-electron chi connectivity index (χ1n) is 5.82. The van der Waals surface area contributed by atoms with Gasteiger partial charge in [-0.05, 0) is 29.7 Å². The van der Waals surface area contributed by atoms with Crippen LogP contribution in [0.2, 0.25) is 0 Å². The minimum Gasteiger partial charge on any atom is -0.455 e. The smallest absolute Gasteiger partial charge is 0.143 e.